The van der Waals surface area contributed by atoms with Crippen LogP contribution in [-0.4, -0.2) is 41.3 Å². The molecule has 2 aromatic heterocycles. The van der Waals surface area contributed by atoms with Gasteiger partial charge in [-0.3, -0.25) is 0 Å². The average molecular weight is 483 g/mol. The van der Waals surface area contributed by atoms with Crippen LogP contribution in [0.3, 0.4) is 0 Å². The van der Waals surface area contributed by atoms with E-state index in [-0.39, 0.29) is 0 Å². The van der Waals surface area contributed by atoms with Crippen molar-refractivity contribution in [1.82, 2.24) is 15.0 Å². The molecule has 0 spiro atoms. The average Bonchev–Trinajstić information content (AvgIpc) is 3.30. The number of anilines is 1. The molecule has 7 heteroatoms. The van der Waals surface area contributed by atoms with Crippen LogP contribution >= 0.6 is 11.6 Å². The minimum Gasteiger partial charge on any atom is -0.426 e. The molecule has 1 N–H and O–H groups in total. The summed E-state index contributed by atoms with van der Waals surface area (Å²) in [5.74, 6) is 0.690. The number of aromatic amines is 1. The first-order chi connectivity index (χ1) is 17.2. The van der Waals surface area contributed by atoms with Crippen LogP contribution in [0.15, 0.2) is 84.9 Å². The normalized spacial score (nSPS) is 13.8. The number of hydrogen-bond donors (Lipinski definition) is 1. The highest BCUT2D eigenvalue weighted by Gasteiger charge is 2.15. The van der Waals surface area contributed by atoms with E-state index in [0.717, 1.165) is 48.5 Å². The van der Waals surface area contributed by atoms with Crippen molar-refractivity contribution in [3.63, 3.8) is 0 Å². The molecular weight excluding hydrogens is 460 g/mol. The fourth-order valence-electron chi connectivity index (χ4n) is 4.28. The Hall–Kier alpha value is -3.87. The number of benzene rings is 3. The first-order valence-electron chi connectivity index (χ1n) is 11.6. The van der Waals surface area contributed by atoms with Gasteiger partial charge in [-0.25, -0.2) is 4.98 Å². The maximum absolute atomic E-state index is 6.61. The number of halogens is 1. The van der Waals surface area contributed by atoms with E-state index in [1.807, 2.05) is 54.6 Å². The molecule has 3 aromatic carbocycles. The van der Waals surface area contributed by atoms with Crippen LogP contribution in [0.2, 0.25) is 5.02 Å². The van der Waals surface area contributed by atoms with E-state index in [1.165, 1.54) is 5.69 Å². The zero-order chi connectivity index (χ0) is 23.6. The zero-order valence-corrected chi connectivity index (χ0v) is 19.7. The quantitative estimate of drug-likeness (QED) is 0.307. The van der Waals surface area contributed by atoms with Crippen LogP contribution in [0.4, 0.5) is 5.69 Å². The number of fused-ring (bicyclic) bond motifs is 1. The summed E-state index contributed by atoms with van der Waals surface area (Å²) in [6.45, 7) is 3.31. The number of imidazole rings is 1. The van der Waals surface area contributed by atoms with Gasteiger partial charge in [0.25, 0.3) is 0 Å². The van der Waals surface area contributed by atoms with Gasteiger partial charge in [0.1, 0.15) is 5.75 Å². The largest absolute Gasteiger partial charge is 0.426 e. The number of rotatable bonds is 5. The van der Waals surface area contributed by atoms with Gasteiger partial charge in [-0.15, -0.1) is 0 Å². The van der Waals surface area contributed by atoms with Crippen molar-refractivity contribution in [3.8, 4) is 34.1 Å². The zero-order valence-electron chi connectivity index (χ0n) is 18.9. The van der Waals surface area contributed by atoms with E-state index in [2.05, 4.69) is 45.2 Å². The molecule has 35 heavy (non-hydrogen) atoms. The Balaban J connectivity index is 1.25. The van der Waals surface area contributed by atoms with Crippen molar-refractivity contribution in [1.29, 1.82) is 0 Å². The molecule has 0 unspecified atom stereocenters. The molecule has 1 saturated heterocycles. The summed E-state index contributed by atoms with van der Waals surface area (Å²) in [5.41, 5.74) is 6.27. The molecule has 1 fully saturated rings. The molecule has 174 valence electrons. The molecule has 0 saturated carbocycles. The topological polar surface area (TPSA) is 63.3 Å². The second-order valence-corrected chi connectivity index (χ2v) is 8.78. The molecule has 0 atom stereocenters. The Kier molecular flexibility index (Phi) is 5.82. The Bertz CT molecular complexity index is 1460. The Morgan fingerprint density at radius 3 is 2.37 bits per heavy atom. The lowest BCUT2D eigenvalue weighted by Crippen LogP contribution is -2.36. The number of morpholine rings is 1. The van der Waals surface area contributed by atoms with Gasteiger partial charge in [0.05, 0.1) is 29.4 Å². The summed E-state index contributed by atoms with van der Waals surface area (Å²) >= 11 is 6.61. The van der Waals surface area contributed by atoms with Crippen molar-refractivity contribution in [2.24, 2.45) is 0 Å². The van der Waals surface area contributed by atoms with Gasteiger partial charge < -0.3 is 19.4 Å². The minimum absolute atomic E-state index is 0.369. The lowest BCUT2D eigenvalue weighted by Gasteiger charge is -2.28. The van der Waals surface area contributed by atoms with Gasteiger partial charge in [-0.1, -0.05) is 66.2 Å². The number of aromatic nitrogens is 3. The minimum atomic E-state index is 0.369. The van der Waals surface area contributed by atoms with E-state index in [0.29, 0.717) is 28.1 Å². The van der Waals surface area contributed by atoms with Gasteiger partial charge in [0.15, 0.2) is 5.65 Å². The standard InChI is InChI=1S/C28H23ClN4O2/c29-24-18-25-27(31-26(24)20-9-11-22(12-10-20)33-13-15-34-16-14-33)32-28(30-25)35-23-8-4-7-21(17-23)19-5-2-1-3-6-19/h1-12,17-18H,13-16H2,(H,30,31,32). The molecule has 0 radical (unpaired) electrons. The number of nitrogens with zero attached hydrogens (tertiary/aromatic N) is 3. The van der Waals surface area contributed by atoms with E-state index in [9.17, 15) is 0 Å². The van der Waals surface area contributed by atoms with Gasteiger partial charge in [-0.05, 0) is 41.5 Å². The predicted molar refractivity (Wildman–Crippen MR) is 139 cm³/mol. The molecule has 1 aliphatic rings. The number of H-pyrrole nitrogens is 1. The smallest absolute Gasteiger partial charge is 0.301 e. The summed E-state index contributed by atoms with van der Waals surface area (Å²) < 4.78 is 11.5. The van der Waals surface area contributed by atoms with Crippen LogP contribution in [0, 0.1) is 0 Å². The molecule has 0 bridgehead atoms. The van der Waals surface area contributed by atoms with Crippen LogP contribution in [-0.2, 0) is 4.74 Å². The highest BCUT2D eigenvalue weighted by atomic mass is 35.5. The Morgan fingerprint density at radius 2 is 1.57 bits per heavy atom. The molecular formula is C28H23ClN4O2. The first kappa shape index (κ1) is 21.6. The first-order valence-corrected chi connectivity index (χ1v) is 11.9. The SMILES string of the molecule is Clc1cc2[nH]c(Oc3cccc(-c4ccccc4)c3)nc2nc1-c1ccc(N2CCOCC2)cc1. The maximum atomic E-state index is 6.61. The highest BCUT2D eigenvalue weighted by molar-refractivity contribution is 6.33. The molecule has 3 heterocycles. The van der Waals surface area contributed by atoms with Gasteiger partial charge in [0.2, 0.25) is 0 Å². The molecule has 6 rings (SSSR count). The maximum Gasteiger partial charge on any atom is 0.301 e. The lowest BCUT2D eigenvalue weighted by molar-refractivity contribution is 0.122. The van der Waals surface area contributed by atoms with Gasteiger partial charge >= 0.3 is 6.01 Å². The lowest BCUT2D eigenvalue weighted by atomic mass is 10.1. The molecule has 6 nitrogen and oxygen atoms in total. The summed E-state index contributed by atoms with van der Waals surface area (Å²) in [4.78, 5) is 14.8. The third kappa shape index (κ3) is 4.58. The molecule has 1 aliphatic heterocycles. The molecule has 5 aromatic rings. The van der Waals surface area contributed by atoms with Crippen LogP contribution < -0.4 is 9.64 Å². The summed E-state index contributed by atoms with van der Waals surface area (Å²) in [6.07, 6.45) is 0. The number of pyridine rings is 1. The summed E-state index contributed by atoms with van der Waals surface area (Å²) in [7, 11) is 0. The third-order valence-electron chi connectivity index (χ3n) is 6.08. The number of ether oxygens (including phenoxy) is 2. The Morgan fingerprint density at radius 1 is 0.800 bits per heavy atom. The van der Waals surface area contributed by atoms with Crippen LogP contribution in [0.1, 0.15) is 0 Å². The van der Waals surface area contributed by atoms with Crippen molar-refractivity contribution in [3.05, 3.63) is 90.0 Å². The second kappa shape index (κ2) is 9.41. The monoisotopic (exact) mass is 482 g/mol. The van der Waals surface area contributed by atoms with Crippen molar-refractivity contribution in [2.75, 3.05) is 31.2 Å². The Labute approximate surface area is 208 Å². The van der Waals surface area contributed by atoms with Crippen molar-refractivity contribution >= 4 is 28.5 Å². The van der Waals surface area contributed by atoms with Crippen molar-refractivity contribution < 1.29 is 9.47 Å². The van der Waals surface area contributed by atoms with E-state index in [4.69, 9.17) is 26.1 Å². The third-order valence-corrected chi connectivity index (χ3v) is 6.37. The predicted octanol–water partition coefficient (Wildman–Crippen LogP) is 6.57. The van der Waals surface area contributed by atoms with Crippen LogP contribution in [0.25, 0.3) is 33.5 Å². The van der Waals surface area contributed by atoms with Crippen molar-refractivity contribution in [2.45, 2.75) is 0 Å². The van der Waals surface area contributed by atoms with E-state index < -0.39 is 0 Å². The summed E-state index contributed by atoms with van der Waals surface area (Å²) in [5, 5.41) is 0.554. The summed E-state index contributed by atoms with van der Waals surface area (Å²) in [6, 6.07) is 28.6. The number of hydrogen-bond acceptors (Lipinski definition) is 5. The molecule has 0 aliphatic carbocycles. The van der Waals surface area contributed by atoms with Gasteiger partial charge in [0, 0.05) is 24.3 Å². The fraction of sp³-hybridized carbons (Fsp3) is 0.143. The van der Waals surface area contributed by atoms with Gasteiger partial charge in [-0.2, -0.15) is 4.98 Å². The number of nitrogens with one attached hydrogen (secondary N) is 1. The highest BCUT2D eigenvalue weighted by Crippen LogP contribution is 2.32. The van der Waals surface area contributed by atoms with Crippen LogP contribution in [0.5, 0.6) is 11.8 Å². The van der Waals surface area contributed by atoms with E-state index in [1.54, 1.807) is 0 Å². The molecule has 0 amide bonds. The fourth-order valence-corrected chi connectivity index (χ4v) is 4.54. The second-order valence-electron chi connectivity index (χ2n) is 8.37. The van der Waals surface area contributed by atoms with E-state index >= 15 is 0 Å².